The maximum atomic E-state index is 13.5. The van der Waals surface area contributed by atoms with Crippen LogP contribution in [-0.2, 0) is 10.9 Å². The van der Waals surface area contributed by atoms with Gasteiger partial charge >= 0.3 is 0 Å². The minimum absolute atomic E-state index is 0.283. The third-order valence-electron chi connectivity index (χ3n) is 4.52. The lowest BCUT2D eigenvalue weighted by molar-refractivity contribution is 0.414. The van der Waals surface area contributed by atoms with Gasteiger partial charge in [0.25, 0.3) is 0 Å². The Bertz CT molecular complexity index is 1120. The predicted molar refractivity (Wildman–Crippen MR) is 124 cm³/mol. The molecule has 0 saturated carbocycles. The van der Waals surface area contributed by atoms with E-state index < -0.39 is 10.9 Å². The average Bonchev–Trinajstić information content (AvgIpc) is 2.79. The summed E-state index contributed by atoms with van der Waals surface area (Å²) in [5.74, 6) is 0.149. The van der Waals surface area contributed by atoms with Crippen molar-refractivity contribution in [2.24, 2.45) is 0 Å². The fourth-order valence-electron chi connectivity index (χ4n) is 3.01. The highest BCUT2D eigenvalue weighted by molar-refractivity contribution is 7.99. The number of hydrogen-bond donors (Lipinski definition) is 0. The summed E-state index contributed by atoms with van der Waals surface area (Å²) in [6, 6.07) is 26.7. The van der Waals surface area contributed by atoms with Gasteiger partial charge in [0, 0.05) is 9.79 Å². The molecule has 4 rings (SSSR count). The molecule has 4 aromatic carbocycles. The molecule has 0 aromatic heterocycles. The molecule has 0 fully saturated rings. The highest BCUT2D eigenvalue weighted by atomic mass is 35.5. The molecule has 0 aliphatic heterocycles. The lowest BCUT2D eigenvalue weighted by atomic mass is 10.3. The monoisotopic (exact) mass is 471 g/mol. The van der Waals surface area contributed by atoms with E-state index in [1.807, 2.05) is 24.3 Å². The van der Waals surface area contributed by atoms with Crippen molar-refractivity contribution >= 4 is 34.3 Å². The highest BCUT2D eigenvalue weighted by Gasteiger charge is 2.28. The molecule has 31 heavy (non-hydrogen) atoms. The zero-order valence-electron chi connectivity index (χ0n) is 16.5. The second kappa shape index (κ2) is 9.77. The Balaban J connectivity index is 1.65. The van der Waals surface area contributed by atoms with E-state index >= 15 is 0 Å². The van der Waals surface area contributed by atoms with Crippen LogP contribution in [-0.4, -0.2) is 7.11 Å². The van der Waals surface area contributed by atoms with Crippen LogP contribution >= 0.6 is 23.4 Å². The number of methoxy groups -OCH3 is 1. The van der Waals surface area contributed by atoms with Crippen LogP contribution in [0.5, 0.6) is 5.75 Å². The molecule has 4 aromatic rings. The first-order valence-corrected chi connectivity index (χ1v) is 11.8. The normalized spacial score (nSPS) is 11.0. The standard InChI is InChI=1S/C25H18ClF2OS2/c1-29-19-6-15-25(24(26)16-19)30-20-7-13-23(14-8-20)31(21-9-2-17(27)3-10-21)22-11-4-18(28)5-12-22/h2-16H,1H3/q+1. The molecule has 0 N–H and O–H groups in total. The maximum Gasteiger partial charge on any atom is 0.166 e. The quantitative estimate of drug-likeness (QED) is 0.264. The van der Waals surface area contributed by atoms with Crippen molar-refractivity contribution in [3.63, 3.8) is 0 Å². The van der Waals surface area contributed by atoms with Gasteiger partial charge in [-0.2, -0.15) is 0 Å². The molecule has 0 saturated heterocycles. The average molecular weight is 472 g/mol. The minimum Gasteiger partial charge on any atom is -0.497 e. The molecule has 156 valence electrons. The molecule has 6 heteroatoms. The smallest absolute Gasteiger partial charge is 0.166 e. The molecule has 0 spiro atoms. The van der Waals surface area contributed by atoms with Crippen LogP contribution < -0.4 is 4.74 Å². The maximum absolute atomic E-state index is 13.5. The van der Waals surface area contributed by atoms with Gasteiger partial charge in [-0.25, -0.2) is 8.78 Å². The molecule has 0 amide bonds. The SMILES string of the molecule is COc1ccc(Sc2ccc([S+](c3ccc(F)cc3)c3ccc(F)cc3)cc2)c(Cl)c1. The van der Waals surface area contributed by atoms with E-state index in [-0.39, 0.29) is 11.6 Å². The third-order valence-corrected chi connectivity index (χ3v) is 8.26. The third kappa shape index (κ3) is 5.24. The molecule has 0 atom stereocenters. The minimum atomic E-state index is -0.480. The Morgan fingerprint density at radius 1 is 0.710 bits per heavy atom. The van der Waals surface area contributed by atoms with Crippen molar-refractivity contribution < 1.29 is 13.5 Å². The lowest BCUT2D eigenvalue weighted by Crippen LogP contribution is -2.05. The van der Waals surface area contributed by atoms with Crippen LogP contribution in [0.4, 0.5) is 8.78 Å². The zero-order chi connectivity index (χ0) is 21.8. The molecular formula is C25H18ClF2OS2+. The number of rotatable bonds is 6. The summed E-state index contributed by atoms with van der Waals surface area (Å²) in [6.45, 7) is 0. The molecular weight excluding hydrogens is 454 g/mol. The molecule has 0 bridgehead atoms. The van der Waals surface area contributed by atoms with Crippen LogP contribution in [0.3, 0.4) is 0 Å². The van der Waals surface area contributed by atoms with E-state index in [4.69, 9.17) is 16.3 Å². The van der Waals surface area contributed by atoms with Crippen molar-refractivity contribution in [2.45, 2.75) is 24.5 Å². The van der Waals surface area contributed by atoms with Gasteiger partial charge in [0.1, 0.15) is 17.4 Å². The fourth-order valence-corrected chi connectivity index (χ4v) is 6.16. The van der Waals surface area contributed by atoms with Crippen molar-refractivity contribution in [1.82, 2.24) is 0 Å². The van der Waals surface area contributed by atoms with Crippen molar-refractivity contribution in [3.8, 4) is 5.75 Å². The van der Waals surface area contributed by atoms with Gasteiger partial charge in [-0.05, 0) is 91.0 Å². The second-order valence-electron chi connectivity index (χ2n) is 6.58. The van der Waals surface area contributed by atoms with Crippen LogP contribution in [0.2, 0.25) is 5.02 Å². The van der Waals surface area contributed by atoms with Crippen LogP contribution in [0.15, 0.2) is 115 Å². The Labute approximate surface area is 192 Å². The van der Waals surface area contributed by atoms with E-state index in [0.29, 0.717) is 10.8 Å². The Kier molecular flexibility index (Phi) is 6.86. The summed E-state index contributed by atoms with van der Waals surface area (Å²) < 4.78 is 32.2. The van der Waals surface area contributed by atoms with Crippen LogP contribution in [0.25, 0.3) is 0 Å². The van der Waals surface area contributed by atoms with E-state index in [0.717, 1.165) is 24.5 Å². The van der Waals surface area contributed by atoms with Gasteiger partial charge < -0.3 is 4.74 Å². The Hall–Kier alpha value is -2.47. The van der Waals surface area contributed by atoms with Crippen LogP contribution in [0, 0.1) is 11.6 Å². The number of hydrogen-bond acceptors (Lipinski definition) is 2. The molecule has 0 aliphatic carbocycles. The lowest BCUT2D eigenvalue weighted by Gasteiger charge is -2.10. The summed E-state index contributed by atoms with van der Waals surface area (Å²) >= 11 is 7.93. The number of benzene rings is 4. The van der Waals surface area contributed by atoms with Gasteiger partial charge in [0.15, 0.2) is 14.7 Å². The van der Waals surface area contributed by atoms with Crippen molar-refractivity contribution in [3.05, 3.63) is 108 Å². The summed E-state index contributed by atoms with van der Waals surface area (Å²) in [5, 5.41) is 0.630. The van der Waals surface area contributed by atoms with Crippen molar-refractivity contribution in [1.29, 1.82) is 0 Å². The Morgan fingerprint density at radius 2 is 1.19 bits per heavy atom. The molecule has 1 nitrogen and oxygen atoms in total. The van der Waals surface area contributed by atoms with Gasteiger partial charge in [-0.15, -0.1) is 0 Å². The summed E-state index contributed by atoms with van der Waals surface area (Å²) in [7, 11) is 1.13. The summed E-state index contributed by atoms with van der Waals surface area (Å²) in [5.41, 5.74) is 0. The topological polar surface area (TPSA) is 9.23 Å². The van der Waals surface area contributed by atoms with Crippen molar-refractivity contribution in [2.75, 3.05) is 7.11 Å². The highest BCUT2D eigenvalue weighted by Crippen LogP contribution is 2.37. The van der Waals surface area contributed by atoms with Crippen LogP contribution in [0.1, 0.15) is 0 Å². The predicted octanol–water partition coefficient (Wildman–Crippen LogP) is 7.87. The zero-order valence-corrected chi connectivity index (χ0v) is 18.9. The molecule has 0 heterocycles. The summed E-state index contributed by atoms with van der Waals surface area (Å²) in [6.07, 6.45) is 0. The van der Waals surface area contributed by atoms with E-state index in [1.54, 1.807) is 49.2 Å². The van der Waals surface area contributed by atoms with E-state index in [1.165, 1.54) is 24.3 Å². The molecule has 0 radical (unpaired) electrons. The Morgan fingerprint density at radius 3 is 1.65 bits per heavy atom. The first-order chi connectivity index (χ1) is 15.0. The van der Waals surface area contributed by atoms with Gasteiger partial charge in [-0.1, -0.05) is 23.4 Å². The van der Waals surface area contributed by atoms with E-state index in [2.05, 4.69) is 12.1 Å². The number of halogens is 3. The van der Waals surface area contributed by atoms with Gasteiger partial charge in [0.2, 0.25) is 0 Å². The molecule has 0 aliphatic rings. The van der Waals surface area contributed by atoms with Gasteiger partial charge in [-0.3, -0.25) is 0 Å². The second-order valence-corrected chi connectivity index (χ2v) is 10.1. The summed E-state index contributed by atoms with van der Waals surface area (Å²) in [4.78, 5) is 4.96. The van der Waals surface area contributed by atoms with E-state index in [9.17, 15) is 8.78 Å². The number of ether oxygens (including phenoxy) is 1. The van der Waals surface area contributed by atoms with Gasteiger partial charge in [0.05, 0.1) is 23.0 Å². The first kappa shape index (κ1) is 21.8. The largest absolute Gasteiger partial charge is 0.497 e. The fraction of sp³-hybridized carbons (Fsp3) is 0.0400. The molecule has 0 unspecified atom stereocenters. The first-order valence-electron chi connectivity index (χ1n) is 9.40.